The summed E-state index contributed by atoms with van der Waals surface area (Å²) in [5, 5.41) is 13.8. The summed E-state index contributed by atoms with van der Waals surface area (Å²) in [5.74, 6) is -1.37. The number of hydrazone groups is 1. The number of aromatic carboxylic acids is 1. The molecular weight excluding hydrogens is 476 g/mol. The molecule has 4 rings (SSSR count). The Labute approximate surface area is 214 Å². The van der Waals surface area contributed by atoms with Crippen LogP contribution in [0.25, 0.3) is 11.4 Å². The number of nitrogens with one attached hydrogen (secondary N) is 1. The van der Waals surface area contributed by atoms with Gasteiger partial charge in [-0.05, 0) is 94.8 Å². The Kier molecular flexibility index (Phi) is 6.86. The van der Waals surface area contributed by atoms with Gasteiger partial charge in [0.05, 0.1) is 22.4 Å². The molecule has 0 spiro atoms. The van der Waals surface area contributed by atoms with Crippen LogP contribution in [0.1, 0.15) is 54.6 Å². The number of carboxylic acids is 1. The van der Waals surface area contributed by atoms with E-state index in [1.54, 1.807) is 36.5 Å². The molecule has 0 aliphatic carbocycles. The van der Waals surface area contributed by atoms with E-state index in [4.69, 9.17) is 11.6 Å². The summed E-state index contributed by atoms with van der Waals surface area (Å²) in [6, 6.07) is 16.4. The van der Waals surface area contributed by atoms with E-state index in [0.717, 1.165) is 45.3 Å². The monoisotopic (exact) mass is 502 g/mol. The summed E-state index contributed by atoms with van der Waals surface area (Å²) in [6.45, 7) is 9.80. The molecule has 4 aromatic rings. The highest BCUT2D eigenvalue weighted by molar-refractivity contribution is 6.33. The topological polar surface area (TPSA) is 88.6 Å². The first-order valence-electron chi connectivity index (χ1n) is 11.4. The molecule has 0 atom stereocenters. The number of carbonyl (C=O) groups excluding carboxylic acids is 1. The Bertz CT molecular complexity index is 1510. The molecule has 0 aliphatic heterocycles. The standard InChI is InChI=1S/C28H27ClN4O3/c1-16-12-21(28(35)36)8-11-26(16)33-19(4)13-22(20(33)5)15-30-31-27(34)24-14-23(9-10-25(24)29)32-17(2)6-7-18(32)3/h6-15H,1-5H3,(H,31,34)(H,35,36). The van der Waals surface area contributed by atoms with Crippen molar-refractivity contribution in [2.24, 2.45) is 5.10 Å². The van der Waals surface area contributed by atoms with Crippen LogP contribution in [0, 0.1) is 34.6 Å². The Morgan fingerprint density at radius 3 is 2.22 bits per heavy atom. The lowest BCUT2D eigenvalue weighted by Gasteiger charge is -2.13. The first-order valence-corrected chi connectivity index (χ1v) is 11.8. The van der Waals surface area contributed by atoms with E-state index in [9.17, 15) is 14.7 Å². The number of hydrogen-bond acceptors (Lipinski definition) is 3. The van der Waals surface area contributed by atoms with Crippen LogP contribution in [-0.4, -0.2) is 32.3 Å². The van der Waals surface area contributed by atoms with Crippen molar-refractivity contribution in [1.29, 1.82) is 0 Å². The Morgan fingerprint density at radius 2 is 1.58 bits per heavy atom. The summed E-state index contributed by atoms with van der Waals surface area (Å²) >= 11 is 6.33. The first-order chi connectivity index (χ1) is 17.1. The molecule has 2 aromatic heterocycles. The van der Waals surface area contributed by atoms with Gasteiger partial charge in [0.1, 0.15) is 0 Å². The van der Waals surface area contributed by atoms with Crippen LogP contribution in [0.15, 0.2) is 59.7 Å². The van der Waals surface area contributed by atoms with Gasteiger partial charge in [-0.3, -0.25) is 4.79 Å². The summed E-state index contributed by atoms with van der Waals surface area (Å²) in [6.07, 6.45) is 1.59. The zero-order valence-corrected chi connectivity index (χ0v) is 21.5. The van der Waals surface area contributed by atoms with Gasteiger partial charge in [0.2, 0.25) is 0 Å². The molecule has 1 amide bonds. The molecule has 0 unspecified atom stereocenters. The van der Waals surface area contributed by atoms with Gasteiger partial charge in [-0.15, -0.1) is 0 Å². The number of benzene rings is 2. The molecular formula is C28H27ClN4O3. The van der Waals surface area contributed by atoms with Crippen LogP contribution in [0.5, 0.6) is 0 Å². The molecule has 0 fully saturated rings. The van der Waals surface area contributed by atoms with Crippen molar-refractivity contribution in [3.8, 4) is 11.4 Å². The summed E-state index contributed by atoms with van der Waals surface area (Å²) in [5.41, 5.74) is 10.5. The second-order valence-corrected chi connectivity index (χ2v) is 9.19. The Morgan fingerprint density at radius 1 is 0.889 bits per heavy atom. The lowest BCUT2D eigenvalue weighted by molar-refractivity contribution is 0.0696. The van der Waals surface area contributed by atoms with E-state index in [0.29, 0.717) is 10.6 Å². The zero-order chi connectivity index (χ0) is 26.1. The molecule has 184 valence electrons. The van der Waals surface area contributed by atoms with Gasteiger partial charge in [0.25, 0.3) is 5.91 Å². The Balaban J connectivity index is 1.57. The second-order valence-electron chi connectivity index (χ2n) is 8.78. The molecule has 8 heteroatoms. The van der Waals surface area contributed by atoms with Gasteiger partial charge >= 0.3 is 5.97 Å². The highest BCUT2D eigenvalue weighted by Crippen LogP contribution is 2.25. The molecule has 36 heavy (non-hydrogen) atoms. The quantitative estimate of drug-likeness (QED) is 0.253. The third-order valence-corrected chi connectivity index (χ3v) is 6.58. The van der Waals surface area contributed by atoms with Gasteiger partial charge in [0.15, 0.2) is 0 Å². The minimum absolute atomic E-state index is 0.244. The average Bonchev–Trinajstić information content (AvgIpc) is 3.31. The normalized spacial score (nSPS) is 11.3. The summed E-state index contributed by atoms with van der Waals surface area (Å²) in [4.78, 5) is 24.2. The minimum atomic E-state index is -0.960. The van der Waals surface area contributed by atoms with Crippen LogP contribution < -0.4 is 5.43 Å². The molecule has 7 nitrogen and oxygen atoms in total. The highest BCUT2D eigenvalue weighted by atomic mass is 35.5. The molecule has 2 N–H and O–H groups in total. The number of nitrogens with zero attached hydrogens (tertiary/aromatic N) is 3. The highest BCUT2D eigenvalue weighted by Gasteiger charge is 2.15. The van der Waals surface area contributed by atoms with Crippen molar-refractivity contribution in [1.82, 2.24) is 14.6 Å². The fourth-order valence-corrected chi connectivity index (χ4v) is 4.65. The van der Waals surface area contributed by atoms with Crippen LogP contribution in [0.4, 0.5) is 0 Å². The van der Waals surface area contributed by atoms with Crippen molar-refractivity contribution in [2.75, 3.05) is 0 Å². The van der Waals surface area contributed by atoms with Gasteiger partial charge in [-0.2, -0.15) is 5.10 Å². The number of aromatic nitrogens is 2. The van der Waals surface area contributed by atoms with Crippen molar-refractivity contribution in [3.05, 3.63) is 105 Å². The van der Waals surface area contributed by atoms with Crippen LogP contribution in [-0.2, 0) is 0 Å². The fraction of sp³-hybridized carbons (Fsp3) is 0.179. The molecule has 0 radical (unpaired) electrons. The van der Waals surface area contributed by atoms with Gasteiger partial charge in [-0.1, -0.05) is 11.6 Å². The number of carboxylic acid groups (broad SMARTS) is 1. The molecule has 0 bridgehead atoms. The molecule has 2 aromatic carbocycles. The smallest absolute Gasteiger partial charge is 0.335 e. The van der Waals surface area contributed by atoms with E-state index in [1.807, 2.05) is 63.5 Å². The van der Waals surface area contributed by atoms with E-state index in [1.165, 1.54) is 0 Å². The van der Waals surface area contributed by atoms with Crippen LogP contribution in [0.3, 0.4) is 0 Å². The molecule has 0 saturated carbocycles. The van der Waals surface area contributed by atoms with Crippen LogP contribution in [0.2, 0.25) is 5.02 Å². The number of rotatable bonds is 6. The number of aryl methyl sites for hydroxylation is 4. The van der Waals surface area contributed by atoms with Crippen LogP contribution >= 0.6 is 11.6 Å². The van der Waals surface area contributed by atoms with Gasteiger partial charge in [-0.25, -0.2) is 10.2 Å². The van der Waals surface area contributed by atoms with Gasteiger partial charge in [0, 0.05) is 39.7 Å². The van der Waals surface area contributed by atoms with Gasteiger partial charge < -0.3 is 14.2 Å². The maximum atomic E-state index is 12.9. The van der Waals surface area contributed by atoms with Crippen molar-refractivity contribution in [2.45, 2.75) is 34.6 Å². The van der Waals surface area contributed by atoms with E-state index >= 15 is 0 Å². The maximum Gasteiger partial charge on any atom is 0.335 e. The second kappa shape index (κ2) is 9.87. The van der Waals surface area contributed by atoms with Crippen molar-refractivity contribution in [3.63, 3.8) is 0 Å². The first kappa shape index (κ1) is 25.0. The maximum absolute atomic E-state index is 12.9. The zero-order valence-electron chi connectivity index (χ0n) is 20.8. The largest absolute Gasteiger partial charge is 0.478 e. The van der Waals surface area contributed by atoms with Crippen molar-refractivity contribution < 1.29 is 14.7 Å². The van der Waals surface area contributed by atoms with E-state index < -0.39 is 11.9 Å². The number of carbonyl (C=O) groups is 2. The molecule has 0 aliphatic rings. The lowest BCUT2D eigenvalue weighted by Crippen LogP contribution is -2.18. The Hall–Kier alpha value is -4.10. The fourth-order valence-electron chi connectivity index (χ4n) is 4.45. The van der Waals surface area contributed by atoms with E-state index in [2.05, 4.69) is 15.1 Å². The number of halogens is 1. The van der Waals surface area contributed by atoms with E-state index in [-0.39, 0.29) is 5.56 Å². The molecule has 2 heterocycles. The third-order valence-electron chi connectivity index (χ3n) is 6.25. The molecule has 0 saturated heterocycles. The predicted molar refractivity (Wildman–Crippen MR) is 142 cm³/mol. The summed E-state index contributed by atoms with van der Waals surface area (Å²) in [7, 11) is 0. The number of hydrogen-bond donors (Lipinski definition) is 2. The summed E-state index contributed by atoms with van der Waals surface area (Å²) < 4.78 is 4.09. The number of amides is 1. The average molecular weight is 503 g/mol. The van der Waals surface area contributed by atoms with Crippen molar-refractivity contribution >= 4 is 29.7 Å². The predicted octanol–water partition coefficient (Wildman–Crippen LogP) is 5.93. The lowest BCUT2D eigenvalue weighted by atomic mass is 10.1. The minimum Gasteiger partial charge on any atom is -0.478 e. The SMILES string of the molecule is Cc1cc(C(=O)O)ccc1-n1c(C)cc(C=NNC(=O)c2cc(-n3c(C)ccc3C)ccc2Cl)c1C. The third kappa shape index (κ3) is 4.70.